The van der Waals surface area contributed by atoms with Crippen LogP contribution in [0.5, 0.6) is 0 Å². The van der Waals surface area contributed by atoms with Gasteiger partial charge in [0.2, 0.25) is 0 Å². The molecule has 2 aromatic rings. The monoisotopic (exact) mass is 261 g/mol. The summed E-state index contributed by atoms with van der Waals surface area (Å²) in [5.41, 5.74) is 6.93. The van der Waals surface area contributed by atoms with Crippen molar-refractivity contribution in [3.8, 4) is 0 Å². The van der Waals surface area contributed by atoms with Crippen molar-refractivity contribution >= 4 is 11.8 Å². The summed E-state index contributed by atoms with van der Waals surface area (Å²) in [6.07, 6.45) is 0.909. The molecule has 18 heavy (non-hydrogen) atoms. The van der Waals surface area contributed by atoms with E-state index < -0.39 is 0 Å². The van der Waals surface area contributed by atoms with Crippen molar-refractivity contribution in [3.63, 3.8) is 0 Å². The Morgan fingerprint density at radius 3 is 2.28 bits per heavy atom. The summed E-state index contributed by atoms with van der Waals surface area (Å²) < 4.78 is 12.9. The molecule has 2 rings (SSSR count). The molecule has 1 unspecified atom stereocenters. The zero-order valence-corrected chi connectivity index (χ0v) is 10.9. The predicted molar refractivity (Wildman–Crippen MR) is 75.1 cm³/mol. The van der Waals surface area contributed by atoms with E-state index in [1.54, 1.807) is 11.8 Å². The third-order valence-corrected chi connectivity index (χ3v) is 4.03. The van der Waals surface area contributed by atoms with Crippen molar-refractivity contribution in [2.45, 2.75) is 16.6 Å². The van der Waals surface area contributed by atoms with Gasteiger partial charge in [-0.1, -0.05) is 30.3 Å². The van der Waals surface area contributed by atoms with Crippen LogP contribution in [0.2, 0.25) is 0 Å². The number of rotatable bonds is 5. The smallest absolute Gasteiger partial charge is 0.123 e. The first-order chi connectivity index (χ1) is 8.79. The van der Waals surface area contributed by atoms with Crippen LogP contribution in [0.25, 0.3) is 0 Å². The molecule has 2 aromatic carbocycles. The van der Waals surface area contributed by atoms with E-state index in [-0.39, 0.29) is 5.82 Å². The van der Waals surface area contributed by atoms with E-state index in [4.69, 9.17) is 5.73 Å². The van der Waals surface area contributed by atoms with Gasteiger partial charge in [-0.15, -0.1) is 11.8 Å². The molecule has 0 fully saturated rings. The largest absolute Gasteiger partial charge is 0.330 e. The summed E-state index contributed by atoms with van der Waals surface area (Å²) in [5.74, 6) is -0.200. The van der Waals surface area contributed by atoms with Gasteiger partial charge in [0.05, 0.1) is 0 Å². The quantitative estimate of drug-likeness (QED) is 0.823. The summed E-state index contributed by atoms with van der Waals surface area (Å²) in [4.78, 5) is 1.07. The lowest BCUT2D eigenvalue weighted by Crippen LogP contribution is -2.04. The van der Waals surface area contributed by atoms with Crippen LogP contribution < -0.4 is 5.73 Å². The maximum Gasteiger partial charge on any atom is 0.123 e. The van der Waals surface area contributed by atoms with Crippen molar-refractivity contribution in [1.29, 1.82) is 0 Å². The van der Waals surface area contributed by atoms with Crippen LogP contribution in [-0.4, -0.2) is 6.54 Å². The summed E-state index contributed by atoms with van der Waals surface area (Å²) >= 11 is 1.73. The van der Waals surface area contributed by atoms with Gasteiger partial charge in [-0.2, -0.15) is 0 Å². The van der Waals surface area contributed by atoms with Gasteiger partial charge in [-0.25, -0.2) is 4.39 Å². The Morgan fingerprint density at radius 1 is 1.00 bits per heavy atom. The zero-order chi connectivity index (χ0) is 12.8. The lowest BCUT2D eigenvalue weighted by Gasteiger charge is -2.16. The van der Waals surface area contributed by atoms with E-state index in [9.17, 15) is 4.39 Å². The average Bonchev–Trinajstić information content (AvgIpc) is 2.42. The number of benzene rings is 2. The Kier molecular flexibility index (Phi) is 4.79. The highest BCUT2D eigenvalue weighted by molar-refractivity contribution is 7.99. The van der Waals surface area contributed by atoms with Crippen LogP contribution in [-0.2, 0) is 0 Å². The van der Waals surface area contributed by atoms with Crippen LogP contribution >= 0.6 is 11.8 Å². The van der Waals surface area contributed by atoms with Crippen LogP contribution in [0.1, 0.15) is 17.2 Å². The number of halogens is 1. The molecular weight excluding hydrogens is 245 g/mol. The minimum atomic E-state index is -0.200. The number of hydrogen-bond donors (Lipinski definition) is 1. The van der Waals surface area contributed by atoms with Crippen molar-refractivity contribution in [3.05, 3.63) is 66.0 Å². The molecule has 94 valence electrons. The molecule has 0 spiro atoms. The van der Waals surface area contributed by atoms with Gasteiger partial charge in [0.1, 0.15) is 5.82 Å². The fourth-order valence-electron chi connectivity index (χ4n) is 1.79. The molecule has 1 atom stereocenters. The number of thioether (sulfide) groups is 1. The maximum atomic E-state index is 12.9. The van der Waals surface area contributed by atoms with Gasteiger partial charge in [0.25, 0.3) is 0 Å². The number of nitrogens with two attached hydrogens (primary N) is 1. The van der Waals surface area contributed by atoms with Gasteiger partial charge in [-0.3, -0.25) is 0 Å². The highest BCUT2D eigenvalue weighted by atomic mass is 32.2. The molecule has 0 aliphatic heterocycles. The molecule has 0 heterocycles. The van der Waals surface area contributed by atoms with Crippen LogP contribution in [0.3, 0.4) is 0 Å². The van der Waals surface area contributed by atoms with Gasteiger partial charge in [-0.05, 0) is 42.8 Å². The van der Waals surface area contributed by atoms with Crippen molar-refractivity contribution in [1.82, 2.24) is 0 Å². The summed E-state index contributed by atoms with van der Waals surface area (Å²) in [5, 5.41) is 0.321. The third-order valence-electron chi connectivity index (χ3n) is 2.69. The summed E-state index contributed by atoms with van der Waals surface area (Å²) in [6, 6.07) is 16.9. The molecule has 0 aromatic heterocycles. The second kappa shape index (κ2) is 6.57. The molecule has 1 nitrogen and oxygen atoms in total. The Hall–Kier alpha value is -1.32. The number of hydrogen-bond acceptors (Lipinski definition) is 2. The molecular formula is C15H16FNS. The van der Waals surface area contributed by atoms with Crippen molar-refractivity contribution < 1.29 is 4.39 Å². The highest BCUT2D eigenvalue weighted by Crippen LogP contribution is 2.37. The first-order valence-electron chi connectivity index (χ1n) is 5.97. The van der Waals surface area contributed by atoms with E-state index in [1.807, 2.05) is 30.3 Å². The second-order valence-corrected chi connectivity index (χ2v) is 5.32. The first-order valence-corrected chi connectivity index (χ1v) is 6.85. The molecule has 2 N–H and O–H groups in total. The molecule has 0 saturated heterocycles. The molecule has 3 heteroatoms. The standard InChI is InChI=1S/C15H16FNS/c16-13-6-8-14(9-7-13)18-15(10-11-17)12-4-2-1-3-5-12/h1-9,15H,10-11,17H2. The maximum absolute atomic E-state index is 12.9. The van der Waals surface area contributed by atoms with Crippen molar-refractivity contribution in [2.75, 3.05) is 6.54 Å². The minimum absolute atomic E-state index is 0.200. The normalized spacial score (nSPS) is 12.3. The summed E-state index contributed by atoms with van der Waals surface area (Å²) in [6.45, 7) is 0.647. The minimum Gasteiger partial charge on any atom is -0.330 e. The molecule has 0 aliphatic rings. The highest BCUT2D eigenvalue weighted by Gasteiger charge is 2.12. The fourth-order valence-corrected chi connectivity index (χ4v) is 2.96. The fraction of sp³-hybridized carbons (Fsp3) is 0.200. The SMILES string of the molecule is NCCC(Sc1ccc(F)cc1)c1ccccc1. The van der Waals surface area contributed by atoms with E-state index >= 15 is 0 Å². The predicted octanol–water partition coefficient (Wildman–Crippen LogP) is 4.01. The van der Waals surface area contributed by atoms with E-state index in [0.717, 1.165) is 11.3 Å². The first kappa shape index (κ1) is 13.1. The Labute approximate surface area is 111 Å². The molecule has 0 amide bonds. The van der Waals surface area contributed by atoms with Crippen LogP contribution in [0, 0.1) is 5.82 Å². The lowest BCUT2D eigenvalue weighted by atomic mass is 10.1. The Bertz CT molecular complexity index is 470. The molecule has 0 aliphatic carbocycles. The van der Waals surface area contributed by atoms with Crippen LogP contribution in [0.15, 0.2) is 59.5 Å². The van der Waals surface area contributed by atoms with E-state index in [1.165, 1.54) is 17.7 Å². The molecule has 0 saturated carbocycles. The van der Waals surface area contributed by atoms with Gasteiger partial charge >= 0.3 is 0 Å². The van der Waals surface area contributed by atoms with E-state index in [2.05, 4.69) is 12.1 Å². The zero-order valence-electron chi connectivity index (χ0n) is 10.1. The topological polar surface area (TPSA) is 26.0 Å². The lowest BCUT2D eigenvalue weighted by molar-refractivity contribution is 0.626. The molecule has 0 radical (unpaired) electrons. The Morgan fingerprint density at radius 2 is 1.67 bits per heavy atom. The van der Waals surface area contributed by atoms with Crippen LogP contribution in [0.4, 0.5) is 4.39 Å². The van der Waals surface area contributed by atoms with E-state index in [0.29, 0.717) is 11.8 Å². The Balaban J connectivity index is 2.14. The van der Waals surface area contributed by atoms with Gasteiger partial charge < -0.3 is 5.73 Å². The third kappa shape index (κ3) is 3.59. The van der Waals surface area contributed by atoms with Gasteiger partial charge in [0.15, 0.2) is 0 Å². The average molecular weight is 261 g/mol. The second-order valence-electron chi connectivity index (χ2n) is 4.05. The van der Waals surface area contributed by atoms with Gasteiger partial charge in [0, 0.05) is 10.1 Å². The molecule has 0 bridgehead atoms. The summed E-state index contributed by atoms with van der Waals surface area (Å²) in [7, 11) is 0. The van der Waals surface area contributed by atoms with Crippen molar-refractivity contribution in [2.24, 2.45) is 5.73 Å².